The van der Waals surface area contributed by atoms with E-state index in [1.807, 2.05) is 0 Å². The molecule has 0 heterocycles. The fourth-order valence-corrected chi connectivity index (χ4v) is 2.68. The zero-order chi connectivity index (χ0) is 10.1. The lowest BCUT2D eigenvalue weighted by Crippen LogP contribution is -1.83. The third kappa shape index (κ3) is 1.77. The van der Waals surface area contributed by atoms with Crippen LogP contribution < -0.4 is 0 Å². The van der Waals surface area contributed by atoms with Crippen molar-refractivity contribution in [1.82, 2.24) is 0 Å². The fourth-order valence-electron chi connectivity index (χ4n) is 2.68. The first kappa shape index (κ1) is 8.96. The van der Waals surface area contributed by atoms with Gasteiger partial charge in [-0.05, 0) is 36.2 Å². The van der Waals surface area contributed by atoms with E-state index in [0.29, 0.717) is 0 Å². The van der Waals surface area contributed by atoms with Crippen LogP contribution in [0.25, 0.3) is 6.08 Å². The molecule has 3 rings (SSSR count). The van der Waals surface area contributed by atoms with Gasteiger partial charge in [0.25, 0.3) is 0 Å². The summed E-state index contributed by atoms with van der Waals surface area (Å²) >= 11 is 0. The van der Waals surface area contributed by atoms with Gasteiger partial charge in [0.1, 0.15) is 0 Å². The van der Waals surface area contributed by atoms with Crippen LogP contribution in [0.5, 0.6) is 0 Å². The molecule has 76 valence electrons. The lowest BCUT2D eigenvalue weighted by molar-refractivity contribution is 0.671. The zero-order valence-corrected chi connectivity index (χ0v) is 8.84. The molecule has 1 aromatic carbocycles. The largest absolute Gasteiger partial charge is 0.0882 e. The molecule has 0 spiro atoms. The summed E-state index contributed by atoms with van der Waals surface area (Å²) in [4.78, 5) is 0. The summed E-state index contributed by atoms with van der Waals surface area (Å²) in [7, 11) is 0. The first-order chi connectivity index (χ1) is 7.45. The minimum atomic E-state index is 0.823. The van der Waals surface area contributed by atoms with Crippen molar-refractivity contribution >= 4 is 6.08 Å². The molecule has 15 heavy (non-hydrogen) atoms. The highest BCUT2D eigenvalue weighted by Gasteiger charge is 2.46. The number of rotatable bonds is 2. The van der Waals surface area contributed by atoms with Gasteiger partial charge in [-0.1, -0.05) is 54.6 Å². The average molecular weight is 196 g/mol. The summed E-state index contributed by atoms with van der Waals surface area (Å²) in [6, 6.07) is 10.6. The molecular formula is C15H16. The van der Waals surface area contributed by atoms with Gasteiger partial charge in [0, 0.05) is 0 Å². The summed E-state index contributed by atoms with van der Waals surface area (Å²) in [6.07, 6.45) is 12.1. The van der Waals surface area contributed by atoms with Crippen LogP contribution in [0.3, 0.4) is 0 Å². The highest BCUT2D eigenvalue weighted by Crippen LogP contribution is 2.53. The Hall–Kier alpha value is -1.30. The van der Waals surface area contributed by atoms with Gasteiger partial charge in [-0.15, -0.1) is 0 Å². The van der Waals surface area contributed by atoms with Crippen LogP contribution in [-0.2, 0) is 0 Å². The Morgan fingerprint density at radius 2 is 2.00 bits per heavy atom. The van der Waals surface area contributed by atoms with Gasteiger partial charge in [-0.25, -0.2) is 0 Å². The summed E-state index contributed by atoms with van der Waals surface area (Å²) in [5.74, 6) is 2.64. The molecule has 1 fully saturated rings. The highest BCUT2D eigenvalue weighted by molar-refractivity contribution is 5.50. The molecule has 0 heteroatoms. The lowest BCUT2D eigenvalue weighted by Gasteiger charge is -1.96. The Balaban J connectivity index is 1.68. The minimum absolute atomic E-state index is 0.823. The molecule has 0 bridgehead atoms. The number of fused-ring (bicyclic) bond motifs is 1. The van der Waals surface area contributed by atoms with Crippen molar-refractivity contribution in [2.75, 3.05) is 0 Å². The van der Waals surface area contributed by atoms with Crippen molar-refractivity contribution in [3.05, 3.63) is 54.1 Å². The minimum Gasteiger partial charge on any atom is -0.0882 e. The van der Waals surface area contributed by atoms with E-state index in [-0.39, 0.29) is 0 Å². The Morgan fingerprint density at radius 1 is 1.13 bits per heavy atom. The highest BCUT2D eigenvalue weighted by atomic mass is 14.5. The summed E-state index contributed by atoms with van der Waals surface area (Å²) < 4.78 is 0. The second-order valence-electron chi connectivity index (χ2n) is 4.59. The first-order valence-electron chi connectivity index (χ1n) is 5.85. The molecule has 0 saturated heterocycles. The normalized spacial score (nSPS) is 32.9. The van der Waals surface area contributed by atoms with Crippen molar-refractivity contribution in [2.45, 2.75) is 12.8 Å². The van der Waals surface area contributed by atoms with E-state index in [0.717, 1.165) is 17.8 Å². The van der Waals surface area contributed by atoms with Gasteiger partial charge in [0.2, 0.25) is 0 Å². The molecular weight excluding hydrogens is 180 g/mol. The third-order valence-corrected chi connectivity index (χ3v) is 3.63. The Labute approximate surface area is 91.3 Å². The van der Waals surface area contributed by atoms with Crippen LogP contribution in [0.4, 0.5) is 0 Å². The average Bonchev–Trinajstić information content (AvgIpc) is 3.01. The maximum atomic E-state index is 2.41. The van der Waals surface area contributed by atoms with Crippen molar-refractivity contribution in [2.24, 2.45) is 17.8 Å². The molecule has 3 atom stereocenters. The maximum Gasteiger partial charge on any atom is -0.0130 e. The van der Waals surface area contributed by atoms with Crippen LogP contribution in [0.2, 0.25) is 0 Å². The quantitative estimate of drug-likeness (QED) is 0.629. The van der Waals surface area contributed by atoms with Gasteiger partial charge in [0.15, 0.2) is 0 Å². The summed E-state index contributed by atoms with van der Waals surface area (Å²) in [6.45, 7) is 0. The molecule has 0 N–H and O–H groups in total. The smallest absolute Gasteiger partial charge is 0.0130 e. The van der Waals surface area contributed by atoms with E-state index >= 15 is 0 Å². The van der Waals surface area contributed by atoms with Crippen LogP contribution in [0.1, 0.15) is 18.4 Å². The number of benzene rings is 1. The van der Waals surface area contributed by atoms with Crippen molar-refractivity contribution < 1.29 is 0 Å². The number of hydrogen-bond acceptors (Lipinski definition) is 0. The van der Waals surface area contributed by atoms with Crippen LogP contribution in [-0.4, -0.2) is 0 Å². The van der Waals surface area contributed by atoms with Crippen LogP contribution in [0, 0.1) is 17.8 Å². The number of allylic oxidation sites excluding steroid dienone is 3. The first-order valence-corrected chi connectivity index (χ1v) is 5.85. The van der Waals surface area contributed by atoms with E-state index < -0.39 is 0 Å². The lowest BCUT2D eigenvalue weighted by atomic mass is 10.1. The molecule has 1 saturated carbocycles. The Bertz CT molecular complexity index is 386. The van der Waals surface area contributed by atoms with Gasteiger partial charge < -0.3 is 0 Å². The molecule has 2 aliphatic carbocycles. The molecule has 0 amide bonds. The van der Waals surface area contributed by atoms with Crippen LogP contribution >= 0.6 is 0 Å². The van der Waals surface area contributed by atoms with Gasteiger partial charge in [-0.2, -0.15) is 0 Å². The molecule has 0 aliphatic heterocycles. The van der Waals surface area contributed by atoms with Gasteiger partial charge in [0.05, 0.1) is 0 Å². The molecule has 0 nitrogen and oxygen atoms in total. The van der Waals surface area contributed by atoms with E-state index in [1.165, 1.54) is 18.4 Å². The maximum absolute atomic E-state index is 2.41. The summed E-state index contributed by atoms with van der Waals surface area (Å²) in [5.41, 5.74) is 1.32. The van der Waals surface area contributed by atoms with Crippen molar-refractivity contribution in [3.63, 3.8) is 0 Å². The summed E-state index contributed by atoms with van der Waals surface area (Å²) in [5, 5.41) is 0. The van der Waals surface area contributed by atoms with Crippen molar-refractivity contribution in [1.29, 1.82) is 0 Å². The van der Waals surface area contributed by atoms with Gasteiger partial charge in [-0.3, -0.25) is 0 Å². The van der Waals surface area contributed by atoms with Crippen LogP contribution in [0.15, 0.2) is 48.6 Å². The predicted molar refractivity (Wildman–Crippen MR) is 64.3 cm³/mol. The van der Waals surface area contributed by atoms with E-state index in [9.17, 15) is 0 Å². The zero-order valence-electron chi connectivity index (χ0n) is 8.84. The molecule has 0 radical (unpaired) electrons. The van der Waals surface area contributed by atoms with E-state index in [4.69, 9.17) is 0 Å². The van der Waals surface area contributed by atoms with Gasteiger partial charge >= 0.3 is 0 Å². The van der Waals surface area contributed by atoms with E-state index in [1.54, 1.807) is 0 Å². The van der Waals surface area contributed by atoms with E-state index in [2.05, 4.69) is 54.6 Å². The number of hydrogen-bond donors (Lipinski definition) is 0. The predicted octanol–water partition coefficient (Wildman–Crippen LogP) is 3.91. The molecule has 2 aliphatic rings. The molecule has 0 unspecified atom stereocenters. The second-order valence-corrected chi connectivity index (χ2v) is 4.59. The SMILES string of the molecule is C1=C[C@H]2[C@@H](/C=C/c3ccccc3)[C@H]2CC1. The monoisotopic (exact) mass is 196 g/mol. The molecule has 1 aromatic rings. The fraction of sp³-hybridized carbons (Fsp3) is 0.333. The second kappa shape index (κ2) is 3.69. The Morgan fingerprint density at radius 3 is 2.73 bits per heavy atom. The standard InChI is InChI=1S/C15H16/c1-2-6-12(7-3-1)10-11-15-13-8-4-5-9-14(13)15/h1-4,6-8,10-11,13-15H,5,9H2/b11-10+/t13-,14+,15-/m1/s1. The Kier molecular flexibility index (Phi) is 2.21. The van der Waals surface area contributed by atoms with Crippen molar-refractivity contribution in [3.8, 4) is 0 Å². The topological polar surface area (TPSA) is 0 Å². The molecule has 0 aromatic heterocycles. The third-order valence-electron chi connectivity index (χ3n) is 3.63.